The summed E-state index contributed by atoms with van der Waals surface area (Å²) in [5, 5.41) is 9.05. The van der Waals surface area contributed by atoms with Crippen molar-refractivity contribution in [1.82, 2.24) is 0 Å². The van der Waals surface area contributed by atoms with E-state index >= 15 is 0 Å². The van der Waals surface area contributed by atoms with Gasteiger partial charge in [-0.05, 0) is 36.3 Å². The number of hydrogen-bond acceptors (Lipinski definition) is 5. The van der Waals surface area contributed by atoms with Crippen molar-refractivity contribution >= 4 is 12.0 Å². The standard InChI is InChI=1S/C20H19NO4/c1-3-24-19-12-16(11-17(13-21)20(22)23-2)9-10-18(19)25-14-15-7-5-4-6-8-15/h4-12H,3,14H2,1-2H3/b17-11+. The van der Waals surface area contributed by atoms with Crippen LogP contribution in [0.5, 0.6) is 11.5 Å². The number of benzene rings is 2. The molecule has 0 aliphatic carbocycles. The summed E-state index contributed by atoms with van der Waals surface area (Å²) in [6.45, 7) is 2.76. The highest BCUT2D eigenvalue weighted by atomic mass is 16.5. The quantitative estimate of drug-likeness (QED) is 0.437. The first-order valence-corrected chi connectivity index (χ1v) is 7.81. The monoisotopic (exact) mass is 337 g/mol. The maximum atomic E-state index is 11.5. The predicted molar refractivity (Wildman–Crippen MR) is 94.0 cm³/mol. The topological polar surface area (TPSA) is 68.5 Å². The van der Waals surface area contributed by atoms with Gasteiger partial charge in [-0.1, -0.05) is 36.4 Å². The van der Waals surface area contributed by atoms with Gasteiger partial charge < -0.3 is 14.2 Å². The van der Waals surface area contributed by atoms with Crippen LogP contribution in [0, 0.1) is 11.3 Å². The summed E-state index contributed by atoms with van der Waals surface area (Å²) >= 11 is 0. The van der Waals surface area contributed by atoms with E-state index in [0.29, 0.717) is 30.3 Å². The van der Waals surface area contributed by atoms with Crippen LogP contribution >= 0.6 is 0 Å². The molecule has 5 nitrogen and oxygen atoms in total. The lowest BCUT2D eigenvalue weighted by atomic mass is 10.1. The largest absolute Gasteiger partial charge is 0.490 e. The second-order valence-electron chi connectivity index (χ2n) is 5.07. The summed E-state index contributed by atoms with van der Waals surface area (Å²) in [6, 6.07) is 16.9. The van der Waals surface area contributed by atoms with E-state index in [2.05, 4.69) is 4.74 Å². The van der Waals surface area contributed by atoms with Crippen molar-refractivity contribution in [2.24, 2.45) is 0 Å². The van der Waals surface area contributed by atoms with Gasteiger partial charge in [0.1, 0.15) is 18.2 Å². The fourth-order valence-electron chi connectivity index (χ4n) is 2.15. The molecule has 5 heteroatoms. The Morgan fingerprint density at radius 3 is 2.52 bits per heavy atom. The Hall–Kier alpha value is -3.26. The zero-order valence-corrected chi connectivity index (χ0v) is 14.2. The van der Waals surface area contributed by atoms with E-state index in [-0.39, 0.29) is 5.57 Å². The molecule has 2 aromatic carbocycles. The Balaban J connectivity index is 2.23. The Morgan fingerprint density at radius 2 is 1.88 bits per heavy atom. The molecule has 0 saturated carbocycles. The molecule has 0 N–H and O–H groups in total. The van der Waals surface area contributed by atoms with E-state index in [1.165, 1.54) is 13.2 Å². The van der Waals surface area contributed by atoms with Crippen molar-refractivity contribution in [3.05, 3.63) is 65.2 Å². The van der Waals surface area contributed by atoms with E-state index in [1.807, 2.05) is 43.3 Å². The zero-order valence-electron chi connectivity index (χ0n) is 14.2. The van der Waals surface area contributed by atoms with Crippen LogP contribution in [-0.4, -0.2) is 19.7 Å². The minimum Gasteiger partial charge on any atom is -0.490 e. The molecule has 25 heavy (non-hydrogen) atoms. The first-order chi connectivity index (χ1) is 12.2. The molecule has 0 aliphatic heterocycles. The Labute approximate surface area is 147 Å². The fourth-order valence-corrected chi connectivity index (χ4v) is 2.15. The van der Waals surface area contributed by atoms with Crippen LogP contribution in [0.3, 0.4) is 0 Å². The molecule has 0 aliphatic rings. The molecular formula is C20H19NO4. The molecule has 0 amide bonds. The van der Waals surface area contributed by atoms with Crippen molar-refractivity contribution in [1.29, 1.82) is 5.26 Å². The second-order valence-corrected chi connectivity index (χ2v) is 5.07. The lowest BCUT2D eigenvalue weighted by Gasteiger charge is -2.13. The van der Waals surface area contributed by atoms with Crippen LogP contribution < -0.4 is 9.47 Å². The highest BCUT2D eigenvalue weighted by Crippen LogP contribution is 2.30. The van der Waals surface area contributed by atoms with Gasteiger partial charge in [0.15, 0.2) is 11.5 Å². The molecule has 0 radical (unpaired) electrons. The van der Waals surface area contributed by atoms with Crippen molar-refractivity contribution in [2.45, 2.75) is 13.5 Å². The van der Waals surface area contributed by atoms with Crippen LogP contribution in [0.15, 0.2) is 54.1 Å². The van der Waals surface area contributed by atoms with Gasteiger partial charge in [0, 0.05) is 0 Å². The normalized spacial score (nSPS) is 10.7. The zero-order chi connectivity index (χ0) is 18.1. The predicted octanol–water partition coefficient (Wildman–Crippen LogP) is 3.74. The van der Waals surface area contributed by atoms with Crippen LogP contribution in [-0.2, 0) is 16.1 Å². The number of esters is 1. The number of rotatable bonds is 7. The third-order valence-corrected chi connectivity index (χ3v) is 3.34. The molecule has 2 aromatic rings. The summed E-state index contributed by atoms with van der Waals surface area (Å²) in [5.41, 5.74) is 1.62. The highest BCUT2D eigenvalue weighted by molar-refractivity contribution is 5.97. The lowest BCUT2D eigenvalue weighted by molar-refractivity contribution is -0.135. The van der Waals surface area contributed by atoms with Gasteiger partial charge in [-0.15, -0.1) is 0 Å². The van der Waals surface area contributed by atoms with Gasteiger partial charge in [-0.25, -0.2) is 4.79 Å². The van der Waals surface area contributed by atoms with E-state index < -0.39 is 5.97 Å². The second kappa shape index (κ2) is 9.14. The molecule has 0 saturated heterocycles. The number of carbonyl (C=O) groups is 1. The highest BCUT2D eigenvalue weighted by Gasteiger charge is 2.11. The summed E-state index contributed by atoms with van der Waals surface area (Å²) in [5.74, 6) is 0.471. The fraction of sp³-hybridized carbons (Fsp3) is 0.200. The van der Waals surface area contributed by atoms with E-state index in [9.17, 15) is 4.79 Å². The van der Waals surface area contributed by atoms with Gasteiger partial charge in [-0.2, -0.15) is 5.26 Å². The average molecular weight is 337 g/mol. The molecule has 0 spiro atoms. The summed E-state index contributed by atoms with van der Waals surface area (Å²) < 4.78 is 16.0. The SMILES string of the molecule is CCOc1cc(/C=C(\C#N)C(=O)OC)ccc1OCc1ccccc1. The number of carbonyl (C=O) groups excluding carboxylic acids is 1. The number of hydrogen-bond donors (Lipinski definition) is 0. The minimum atomic E-state index is -0.676. The summed E-state index contributed by atoms with van der Waals surface area (Å²) in [7, 11) is 1.24. The minimum absolute atomic E-state index is 0.0806. The Kier molecular flexibility index (Phi) is 6.61. The van der Waals surface area contributed by atoms with E-state index in [1.54, 1.807) is 18.2 Å². The molecule has 0 bridgehead atoms. The van der Waals surface area contributed by atoms with Crippen molar-refractivity contribution in [3.63, 3.8) is 0 Å². The van der Waals surface area contributed by atoms with Gasteiger partial charge in [0.25, 0.3) is 0 Å². The third-order valence-electron chi connectivity index (χ3n) is 3.34. The van der Waals surface area contributed by atoms with Crippen LogP contribution in [0.2, 0.25) is 0 Å². The lowest BCUT2D eigenvalue weighted by Crippen LogP contribution is -2.03. The number of ether oxygens (including phenoxy) is 3. The van der Waals surface area contributed by atoms with Gasteiger partial charge >= 0.3 is 5.97 Å². The van der Waals surface area contributed by atoms with Gasteiger partial charge in [0.05, 0.1) is 13.7 Å². The maximum absolute atomic E-state index is 11.5. The first kappa shape index (κ1) is 18.1. The van der Waals surface area contributed by atoms with Crippen molar-refractivity contribution in [2.75, 3.05) is 13.7 Å². The molecule has 0 aromatic heterocycles. The maximum Gasteiger partial charge on any atom is 0.348 e. The molecule has 2 rings (SSSR count). The van der Waals surface area contributed by atoms with Gasteiger partial charge in [0.2, 0.25) is 0 Å². The number of nitriles is 1. The van der Waals surface area contributed by atoms with Crippen molar-refractivity contribution < 1.29 is 19.0 Å². The van der Waals surface area contributed by atoms with Gasteiger partial charge in [-0.3, -0.25) is 0 Å². The van der Waals surface area contributed by atoms with Crippen LogP contribution in [0.25, 0.3) is 6.08 Å². The Morgan fingerprint density at radius 1 is 1.12 bits per heavy atom. The van der Waals surface area contributed by atoms with Crippen molar-refractivity contribution in [3.8, 4) is 17.6 Å². The van der Waals surface area contributed by atoms with Crippen LogP contribution in [0.1, 0.15) is 18.1 Å². The molecule has 0 atom stereocenters. The van der Waals surface area contributed by atoms with E-state index in [0.717, 1.165) is 5.56 Å². The number of nitrogens with zero attached hydrogens (tertiary/aromatic N) is 1. The molecule has 128 valence electrons. The van der Waals surface area contributed by atoms with Crippen LogP contribution in [0.4, 0.5) is 0 Å². The molecule has 0 heterocycles. The third kappa shape index (κ3) is 5.11. The average Bonchev–Trinajstić information content (AvgIpc) is 2.66. The first-order valence-electron chi connectivity index (χ1n) is 7.81. The Bertz CT molecular complexity index is 791. The summed E-state index contributed by atoms with van der Waals surface area (Å²) in [4.78, 5) is 11.5. The molecular weight excluding hydrogens is 318 g/mol. The number of methoxy groups -OCH3 is 1. The smallest absolute Gasteiger partial charge is 0.348 e. The molecule has 0 unspecified atom stereocenters. The molecule has 0 fully saturated rings. The summed E-state index contributed by atoms with van der Waals surface area (Å²) in [6.07, 6.45) is 1.45. The van der Waals surface area contributed by atoms with E-state index in [4.69, 9.17) is 14.7 Å².